The summed E-state index contributed by atoms with van der Waals surface area (Å²) in [6, 6.07) is 3.81. The first-order valence-corrected chi connectivity index (χ1v) is 6.08. The van der Waals surface area contributed by atoms with E-state index >= 15 is 0 Å². The summed E-state index contributed by atoms with van der Waals surface area (Å²) in [5.41, 5.74) is 2.11. The van der Waals surface area contributed by atoms with Gasteiger partial charge in [0.25, 0.3) is 0 Å². The second-order valence-electron chi connectivity index (χ2n) is 4.57. The van der Waals surface area contributed by atoms with Crippen LogP contribution in [0.1, 0.15) is 24.0 Å². The predicted molar refractivity (Wildman–Crippen MR) is 62.1 cm³/mol. The molecule has 0 bridgehead atoms. The number of fused-ring (bicyclic) bond motifs is 1. The topological polar surface area (TPSA) is 26.3 Å². The summed E-state index contributed by atoms with van der Waals surface area (Å²) in [4.78, 5) is 11.8. The average Bonchev–Trinajstić information content (AvgIpc) is 2.98. The van der Waals surface area contributed by atoms with Crippen molar-refractivity contribution in [3.63, 3.8) is 0 Å². The summed E-state index contributed by atoms with van der Waals surface area (Å²) in [7, 11) is 0. The van der Waals surface area contributed by atoms with E-state index in [2.05, 4.69) is 0 Å². The van der Waals surface area contributed by atoms with Crippen LogP contribution >= 0.6 is 11.6 Å². The van der Waals surface area contributed by atoms with Crippen molar-refractivity contribution in [1.29, 1.82) is 0 Å². The molecule has 1 aliphatic heterocycles. The largest absolute Gasteiger partial charge is 0.493 e. The standard InChI is InChI=1S/C13H13ClO2/c14-11-5-9-3-4-16-13(9)10(6-11)7-12(15)8-1-2-8/h5-6,8H,1-4,7H2. The van der Waals surface area contributed by atoms with Crippen molar-refractivity contribution in [2.24, 2.45) is 5.92 Å². The van der Waals surface area contributed by atoms with Crippen LogP contribution in [0.3, 0.4) is 0 Å². The SMILES string of the molecule is O=C(Cc1cc(Cl)cc2c1OCC2)C1CC1. The lowest BCUT2D eigenvalue weighted by Crippen LogP contribution is -2.06. The Hall–Kier alpha value is -1.02. The normalized spacial score (nSPS) is 18.1. The van der Waals surface area contributed by atoms with Crippen molar-refractivity contribution in [1.82, 2.24) is 0 Å². The van der Waals surface area contributed by atoms with Gasteiger partial charge in [-0.25, -0.2) is 0 Å². The number of carbonyl (C=O) groups excluding carboxylic acids is 1. The monoisotopic (exact) mass is 236 g/mol. The fourth-order valence-corrected chi connectivity index (χ4v) is 2.48. The Morgan fingerprint density at radius 3 is 3.00 bits per heavy atom. The first kappa shape index (κ1) is 10.2. The molecule has 3 heteroatoms. The van der Waals surface area contributed by atoms with Crippen molar-refractivity contribution in [3.05, 3.63) is 28.3 Å². The molecule has 1 fully saturated rings. The maximum Gasteiger partial charge on any atom is 0.140 e. The van der Waals surface area contributed by atoms with Crippen molar-refractivity contribution in [3.8, 4) is 5.75 Å². The van der Waals surface area contributed by atoms with Gasteiger partial charge in [-0.15, -0.1) is 0 Å². The minimum Gasteiger partial charge on any atom is -0.493 e. The molecule has 3 rings (SSSR count). The molecule has 1 aromatic rings. The molecule has 0 atom stereocenters. The number of ether oxygens (including phenoxy) is 1. The zero-order valence-corrected chi connectivity index (χ0v) is 9.72. The van der Waals surface area contributed by atoms with Gasteiger partial charge in [0.15, 0.2) is 0 Å². The summed E-state index contributed by atoms with van der Waals surface area (Å²) < 4.78 is 5.57. The second kappa shape index (κ2) is 3.77. The van der Waals surface area contributed by atoms with Crippen LogP contribution in [0.4, 0.5) is 0 Å². The van der Waals surface area contributed by atoms with E-state index in [1.807, 2.05) is 12.1 Å². The van der Waals surface area contributed by atoms with Gasteiger partial charge >= 0.3 is 0 Å². The highest BCUT2D eigenvalue weighted by Gasteiger charge is 2.30. The first-order valence-electron chi connectivity index (χ1n) is 5.71. The molecule has 0 spiro atoms. The molecule has 0 radical (unpaired) electrons. The van der Waals surface area contributed by atoms with Crippen LogP contribution in [0.2, 0.25) is 5.02 Å². The molecule has 16 heavy (non-hydrogen) atoms. The van der Waals surface area contributed by atoms with E-state index in [1.165, 1.54) is 0 Å². The van der Waals surface area contributed by atoms with Crippen molar-refractivity contribution in [2.45, 2.75) is 25.7 Å². The van der Waals surface area contributed by atoms with Crippen LogP contribution in [-0.4, -0.2) is 12.4 Å². The maximum absolute atomic E-state index is 11.8. The number of hydrogen-bond acceptors (Lipinski definition) is 2. The van der Waals surface area contributed by atoms with Gasteiger partial charge in [-0.2, -0.15) is 0 Å². The fourth-order valence-electron chi connectivity index (χ4n) is 2.21. The van der Waals surface area contributed by atoms with Gasteiger partial charge in [0, 0.05) is 29.3 Å². The Bertz CT molecular complexity index is 449. The quantitative estimate of drug-likeness (QED) is 0.807. The highest BCUT2D eigenvalue weighted by atomic mass is 35.5. The minimum absolute atomic E-state index is 0.302. The van der Waals surface area contributed by atoms with Crippen LogP contribution in [0.25, 0.3) is 0 Å². The molecule has 1 saturated carbocycles. The number of benzene rings is 1. The van der Waals surface area contributed by atoms with Gasteiger partial charge in [0.05, 0.1) is 6.61 Å². The fraction of sp³-hybridized carbons (Fsp3) is 0.462. The van der Waals surface area contributed by atoms with Crippen molar-refractivity contribution < 1.29 is 9.53 Å². The number of Topliss-reactive ketones (excluding diaryl/α,β-unsaturated/α-hetero) is 1. The van der Waals surface area contributed by atoms with E-state index in [0.717, 1.165) is 36.1 Å². The lowest BCUT2D eigenvalue weighted by atomic mass is 10.0. The Morgan fingerprint density at radius 1 is 1.44 bits per heavy atom. The van der Waals surface area contributed by atoms with Gasteiger partial charge in [-0.05, 0) is 30.5 Å². The summed E-state index contributed by atoms with van der Waals surface area (Å²) in [5, 5.41) is 0.711. The highest BCUT2D eigenvalue weighted by molar-refractivity contribution is 6.30. The van der Waals surface area contributed by atoms with E-state index in [1.54, 1.807) is 0 Å². The van der Waals surface area contributed by atoms with E-state index in [0.29, 0.717) is 29.8 Å². The van der Waals surface area contributed by atoms with Gasteiger partial charge in [0.2, 0.25) is 0 Å². The van der Waals surface area contributed by atoms with E-state index in [4.69, 9.17) is 16.3 Å². The number of halogens is 1. The molecule has 0 amide bonds. The third-order valence-corrected chi connectivity index (χ3v) is 3.44. The van der Waals surface area contributed by atoms with Crippen LogP contribution < -0.4 is 4.74 Å². The molecule has 1 aliphatic carbocycles. The Labute approximate surface area is 99.6 Å². The van der Waals surface area contributed by atoms with Gasteiger partial charge in [-0.1, -0.05) is 11.6 Å². The number of carbonyl (C=O) groups is 1. The molecule has 2 nitrogen and oxygen atoms in total. The molecule has 0 saturated heterocycles. The Kier molecular flexibility index (Phi) is 2.40. The summed E-state index contributed by atoms with van der Waals surface area (Å²) in [6.45, 7) is 0.709. The molecule has 1 heterocycles. The predicted octanol–water partition coefficient (Wildman–Crippen LogP) is 2.80. The summed E-state index contributed by atoms with van der Waals surface area (Å²) in [6.07, 6.45) is 3.50. The summed E-state index contributed by atoms with van der Waals surface area (Å²) >= 11 is 6.04. The van der Waals surface area contributed by atoms with Crippen LogP contribution in [0.15, 0.2) is 12.1 Å². The number of hydrogen-bond donors (Lipinski definition) is 0. The first-order chi connectivity index (χ1) is 7.74. The molecule has 0 unspecified atom stereocenters. The Morgan fingerprint density at radius 2 is 2.25 bits per heavy atom. The average molecular weight is 237 g/mol. The molecule has 0 aromatic heterocycles. The summed E-state index contributed by atoms with van der Waals surface area (Å²) in [5.74, 6) is 1.54. The minimum atomic E-state index is 0.302. The third kappa shape index (κ3) is 1.82. The van der Waals surface area contributed by atoms with Crippen LogP contribution in [0.5, 0.6) is 5.75 Å². The highest BCUT2D eigenvalue weighted by Crippen LogP contribution is 2.36. The lowest BCUT2D eigenvalue weighted by molar-refractivity contribution is -0.119. The zero-order valence-electron chi connectivity index (χ0n) is 8.96. The van der Waals surface area contributed by atoms with Crippen molar-refractivity contribution >= 4 is 17.4 Å². The van der Waals surface area contributed by atoms with Crippen LogP contribution in [0, 0.1) is 5.92 Å². The van der Waals surface area contributed by atoms with Gasteiger partial charge in [-0.3, -0.25) is 4.79 Å². The third-order valence-electron chi connectivity index (χ3n) is 3.22. The maximum atomic E-state index is 11.8. The zero-order chi connectivity index (χ0) is 11.1. The number of ketones is 1. The second-order valence-corrected chi connectivity index (χ2v) is 5.01. The van der Waals surface area contributed by atoms with E-state index in [9.17, 15) is 4.79 Å². The molecule has 2 aliphatic rings. The molecular formula is C13H13ClO2. The number of rotatable bonds is 3. The molecule has 1 aromatic carbocycles. The van der Waals surface area contributed by atoms with Gasteiger partial charge in [0.1, 0.15) is 11.5 Å². The molecular weight excluding hydrogens is 224 g/mol. The smallest absolute Gasteiger partial charge is 0.140 e. The molecule has 84 valence electrons. The van der Waals surface area contributed by atoms with E-state index < -0.39 is 0 Å². The Balaban J connectivity index is 1.90. The van der Waals surface area contributed by atoms with Crippen LogP contribution in [-0.2, 0) is 17.6 Å². The molecule has 0 N–H and O–H groups in total. The van der Waals surface area contributed by atoms with Crippen molar-refractivity contribution in [2.75, 3.05) is 6.61 Å². The van der Waals surface area contributed by atoms with Gasteiger partial charge < -0.3 is 4.74 Å². The van der Waals surface area contributed by atoms with E-state index in [-0.39, 0.29) is 0 Å². The lowest BCUT2D eigenvalue weighted by Gasteiger charge is -2.08.